The number of rotatable bonds is 7. The lowest BCUT2D eigenvalue weighted by atomic mass is 10.2. The van der Waals surface area contributed by atoms with Crippen LogP contribution in [0.3, 0.4) is 0 Å². The van der Waals surface area contributed by atoms with E-state index in [1.54, 1.807) is 15.9 Å². The molecular weight excluding hydrogens is 360 g/mol. The second-order valence-electron chi connectivity index (χ2n) is 5.92. The molecule has 0 aromatic carbocycles. The van der Waals surface area contributed by atoms with Crippen LogP contribution in [0.5, 0.6) is 0 Å². The third-order valence-corrected chi connectivity index (χ3v) is 6.19. The fourth-order valence-electron chi connectivity index (χ4n) is 2.96. The number of carbonyl (C=O) groups excluding carboxylic acids is 2. The minimum Gasteiger partial charge on any atom is -0.368 e. The van der Waals surface area contributed by atoms with Gasteiger partial charge in [0.25, 0.3) is 5.56 Å². The molecule has 3 rings (SSSR count). The maximum atomic E-state index is 13.0. The molecule has 0 atom stereocenters. The van der Waals surface area contributed by atoms with Crippen molar-refractivity contribution in [2.45, 2.75) is 44.3 Å². The van der Waals surface area contributed by atoms with Gasteiger partial charge in [-0.3, -0.25) is 19.0 Å². The topological polar surface area (TPSA) is 107 Å². The lowest BCUT2D eigenvalue weighted by Gasteiger charge is -2.11. The number of nitrogens with zero attached hydrogens (tertiary/aromatic N) is 2. The van der Waals surface area contributed by atoms with Gasteiger partial charge in [-0.15, -0.1) is 11.3 Å². The van der Waals surface area contributed by atoms with E-state index in [0.717, 1.165) is 41.5 Å². The number of aromatic nitrogens is 2. The van der Waals surface area contributed by atoms with Crippen LogP contribution in [0.4, 0.5) is 0 Å². The highest BCUT2D eigenvalue weighted by molar-refractivity contribution is 7.99. The minimum atomic E-state index is -0.589. The highest BCUT2D eigenvalue weighted by atomic mass is 32.2. The van der Waals surface area contributed by atoms with Crippen LogP contribution < -0.4 is 16.6 Å². The summed E-state index contributed by atoms with van der Waals surface area (Å²) < 4.78 is 1.67. The lowest BCUT2D eigenvalue weighted by molar-refractivity contribution is -0.123. The number of primary amides is 1. The van der Waals surface area contributed by atoms with Crippen LogP contribution in [0.2, 0.25) is 0 Å². The molecule has 0 unspecified atom stereocenters. The Balaban J connectivity index is 1.89. The van der Waals surface area contributed by atoms with Crippen LogP contribution in [0.1, 0.15) is 30.2 Å². The monoisotopic (exact) mass is 380 g/mol. The summed E-state index contributed by atoms with van der Waals surface area (Å²) in [7, 11) is 0. The number of hydrogen-bond donors (Lipinski definition) is 2. The summed E-state index contributed by atoms with van der Waals surface area (Å²) in [6.07, 6.45) is 3.86. The van der Waals surface area contributed by atoms with E-state index in [-0.39, 0.29) is 23.8 Å². The Morgan fingerprint density at radius 3 is 2.92 bits per heavy atom. The van der Waals surface area contributed by atoms with Crippen LogP contribution >= 0.6 is 23.1 Å². The third-order valence-electron chi connectivity index (χ3n) is 4.03. The zero-order chi connectivity index (χ0) is 18.0. The van der Waals surface area contributed by atoms with Crippen LogP contribution in [-0.2, 0) is 29.0 Å². The second-order valence-corrected chi connectivity index (χ2v) is 7.95. The van der Waals surface area contributed by atoms with Crippen LogP contribution in [0, 0.1) is 0 Å². The summed E-state index contributed by atoms with van der Waals surface area (Å²) in [6.45, 7) is 2.38. The molecule has 2 amide bonds. The summed E-state index contributed by atoms with van der Waals surface area (Å²) in [5.74, 6) is -0.816. The van der Waals surface area contributed by atoms with E-state index in [1.807, 2.05) is 6.92 Å². The number of thiophene rings is 1. The number of nitrogens with one attached hydrogen (secondary N) is 1. The van der Waals surface area contributed by atoms with E-state index < -0.39 is 5.91 Å². The second kappa shape index (κ2) is 7.57. The largest absolute Gasteiger partial charge is 0.368 e. The summed E-state index contributed by atoms with van der Waals surface area (Å²) in [4.78, 5) is 42.2. The summed E-state index contributed by atoms with van der Waals surface area (Å²) in [5, 5.41) is 3.75. The average Bonchev–Trinajstić information content (AvgIpc) is 3.14. The van der Waals surface area contributed by atoms with Crippen molar-refractivity contribution in [1.29, 1.82) is 0 Å². The zero-order valence-electron chi connectivity index (χ0n) is 14.0. The van der Waals surface area contributed by atoms with E-state index in [0.29, 0.717) is 11.7 Å². The smallest absolute Gasteiger partial charge is 0.263 e. The Bertz CT molecular complexity index is 888. The molecule has 7 nitrogen and oxygen atoms in total. The fourth-order valence-corrected chi connectivity index (χ4v) is 5.11. The molecule has 2 aromatic rings. The van der Waals surface area contributed by atoms with Gasteiger partial charge in [0, 0.05) is 11.4 Å². The molecule has 0 radical (unpaired) electrons. The highest BCUT2D eigenvalue weighted by Crippen LogP contribution is 2.35. The SMILES string of the molecule is CCCn1c(SCC(=O)NCC(N)=O)nc2sc3c(c2c1=O)CCC3. The van der Waals surface area contributed by atoms with Crippen molar-refractivity contribution in [2.75, 3.05) is 12.3 Å². The number of aryl methyl sites for hydroxylation is 2. The first kappa shape index (κ1) is 17.9. The minimum absolute atomic E-state index is 0.00806. The van der Waals surface area contributed by atoms with Crippen molar-refractivity contribution in [2.24, 2.45) is 5.73 Å². The van der Waals surface area contributed by atoms with Crippen LogP contribution in [0.25, 0.3) is 10.2 Å². The molecule has 9 heteroatoms. The van der Waals surface area contributed by atoms with Gasteiger partial charge in [-0.2, -0.15) is 0 Å². The maximum absolute atomic E-state index is 13.0. The van der Waals surface area contributed by atoms with Crippen molar-refractivity contribution >= 4 is 45.1 Å². The van der Waals surface area contributed by atoms with Gasteiger partial charge in [-0.25, -0.2) is 4.98 Å². The average molecular weight is 380 g/mol. The molecular formula is C16H20N4O3S2. The van der Waals surface area contributed by atoms with Crippen LogP contribution in [0.15, 0.2) is 9.95 Å². The molecule has 0 fully saturated rings. The first-order chi connectivity index (χ1) is 12.0. The fraction of sp³-hybridized carbons (Fsp3) is 0.500. The Labute approximate surface area is 153 Å². The number of thioether (sulfide) groups is 1. The van der Waals surface area contributed by atoms with Gasteiger partial charge in [-0.05, 0) is 31.2 Å². The van der Waals surface area contributed by atoms with Crippen LogP contribution in [-0.4, -0.2) is 33.7 Å². The van der Waals surface area contributed by atoms with Crippen molar-refractivity contribution in [3.05, 3.63) is 20.8 Å². The molecule has 0 aliphatic heterocycles. The first-order valence-corrected chi connectivity index (χ1v) is 10.0. The molecule has 0 saturated heterocycles. The summed E-state index contributed by atoms with van der Waals surface area (Å²) >= 11 is 2.80. The van der Waals surface area contributed by atoms with E-state index in [4.69, 9.17) is 5.73 Å². The molecule has 2 aromatic heterocycles. The molecule has 25 heavy (non-hydrogen) atoms. The Morgan fingerprint density at radius 2 is 2.20 bits per heavy atom. The standard InChI is InChI=1S/C16H20N4O3S2/c1-2-6-20-15(23)13-9-4-3-5-10(9)25-14(13)19-16(20)24-8-12(22)18-7-11(17)21/h2-8H2,1H3,(H2,17,21)(H,18,22). The zero-order valence-corrected chi connectivity index (χ0v) is 15.6. The lowest BCUT2D eigenvalue weighted by Crippen LogP contribution is -2.34. The molecule has 2 heterocycles. The Hall–Kier alpha value is -1.87. The Morgan fingerprint density at radius 1 is 1.40 bits per heavy atom. The third kappa shape index (κ3) is 3.72. The molecule has 3 N–H and O–H groups in total. The van der Waals surface area contributed by atoms with Crippen molar-refractivity contribution in [1.82, 2.24) is 14.9 Å². The van der Waals surface area contributed by atoms with Gasteiger partial charge in [0.15, 0.2) is 5.16 Å². The first-order valence-electron chi connectivity index (χ1n) is 8.24. The number of hydrogen-bond acceptors (Lipinski definition) is 6. The quantitative estimate of drug-likeness (QED) is 0.551. The number of nitrogens with two attached hydrogens (primary N) is 1. The highest BCUT2D eigenvalue weighted by Gasteiger charge is 2.23. The van der Waals surface area contributed by atoms with Gasteiger partial charge in [-0.1, -0.05) is 18.7 Å². The van der Waals surface area contributed by atoms with Gasteiger partial charge in [0.2, 0.25) is 11.8 Å². The van der Waals surface area contributed by atoms with Crippen molar-refractivity contribution < 1.29 is 9.59 Å². The van der Waals surface area contributed by atoms with E-state index >= 15 is 0 Å². The van der Waals surface area contributed by atoms with Gasteiger partial charge < -0.3 is 11.1 Å². The molecule has 0 saturated carbocycles. The number of carbonyl (C=O) groups is 2. The molecule has 1 aliphatic carbocycles. The maximum Gasteiger partial charge on any atom is 0.263 e. The number of amides is 2. The molecule has 0 spiro atoms. The van der Waals surface area contributed by atoms with E-state index in [2.05, 4.69) is 10.3 Å². The Kier molecular flexibility index (Phi) is 5.43. The number of fused-ring (bicyclic) bond motifs is 3. The normalized spacial score (nSPS) is 13.2. The molecule has 1 aliphatic rings. The molecule has 134 valence electrons. The predicted octanol–water partition coefficient (Wildman–Crippen LogP) is 1.05. The summed E-state index contributed by atoms with van der Waals surface area (Å²) in [6, 6.07) is 0. The summed E-state index contributed by atoms with van der Waals surface area (Å²) in [5.41, 5.74) is 6.17. The molecule has 0 bridgehead atoms. The van der Waals surface area contributed by atoms with E-state index in [9.17, 15) is 14.4 Å². The van der Waals surface area contributed by atoms with Crippen molar-refractivity contribution in [3.63, 3.8) is 0 Å². The van der Waals surface area contributed by atoms with E-state index in [1.165, 1.54) is 16.6 Å². The van der Waals surface area contributed by atoms with Gasteiger partial charge >= 0.3 is 0 Å². The van der Waals surface area contributed by atoms with Gasteiger partial charge in [0.05, 0.1) is 17.7 Å². The van der Waals surface area contributed by atoms with Crippen molar-refractivity contribution in [3.8, 4) is 0 Å². The van der Waals surface area contributed by atoms with Gasteiger partial charge in [0.1, 0.15) is 4.83 Å². The predicted molar refractivity (Wildman–Crippen MR) is 99.1 cm³/mol.